The Labute approximate surface area is 137 Å². The van der Waals surface area contributed by atoms with E-state index in [9.17, 15) is 4.79 Å². The Morgan fingerprint density at radius 2 is 2.23 bits per heavy atom. The molecule has 1 amide bonds. The number of nitrogens with zero attached hydrogens (tertiary/aromatic N) is 2. The number of halogens is 1. The molecule has 1 aliphatic heterocycles. The van der Waals surface area contributed by atoms with E-state index in [1.165, 1.54) is 11.3 Å². The van der Waals surface area contributed by atoms with Gasteiger partial charge in [0, 0.05) is 13.1 Å². The van der Waals surface area contributed by atoms with Crippen LogP contribution in [0.25, 0.3) is 10.6 Å². The zero-order valence-electron chi connectivity index (χ0n) is 12.2. The van der Waals surface area contributed by atoms with E-state index in [1.807, 2.05) is 25.1 Å². The number of amides is 1. The van der Waals surface area contributed by atoms with E-state index >= 15 is 0 Å². The molecule has 6 nitrogen and oxygen atoms in total. The maximum absolute atomic E-state index is 12.3. The molecule has 22 heavy (non-hydrogen) atoms. The largest absolute Gasteiger partial charge is 0.373 e. The van der Waals surface area contributed by atoms with Gasteiger partial charge in [-0.3, -0.25) is 9.48 Å². The monoisotopic (exact) mass is 341 g/mol. The summed E-state index contributed by atoms with van der Waals surface area (Å²) in [4.78, 5) is 13.3. The second-order valence-electron chi connectivity index (χ2n) is 5.00. The van der Waals surface area contributed by atoms with Crippen LogP contribution >= 0.6 is 22.9 Å². The third-order valence-corrected chi connectivity index (χ3v) is 4.66. The third kappa shape index (κ3) is 3.17. The fourth-order valence-corrected chi connectivity index (χ4v) is 3.27. The number of aryl methyl sites for hydroxylation is 1. The molecule has 0 spiro atoms. The summed E-state index contributed by atoms with van der Waals surface area (Å²) < 4.78 is 13.2. The summed E-state index contributed by atoms with van der Waals surface area (Å²) in [6.45, 7) is 2.76. The van der Waals surface area contributed by atoms with Crippen LogP contribution in [0.15, 0.2) is 18.2 Å². The number of thiophene rings is 1. The second-order valence-corrected chi connectivity index (χ2v) is 6.71. The standard InChI is InChI=1S/C14H16ClN3O3S/c1-8-13(21-6-5-20-8)14(19)16-12-7-9(17-18(12)2)10-3-4-11(15)22-10/h3-4,7-8,13H,5-6H2,1-2H3,(H,16,19)/t8-,13-/m0/s1. The maximum atomic E-state index is 12.3. The molecule has 0 saturated carbocycles. The Morgan fingerprint density at radius 1 is 1.45 bits per heavy atom. The van der Waals surface area contributed by atoms with Gasteiger partial charge in [-0.05, 0) is 19.1 Å². The van der Waals surface area contributed by atoms with E-state index in [0.29, 0.717) is 23.4 Å². The Kier molecular flexibility index (Phi) is 4.49. The van der Waals surface area contributed by atoms with Crippen molar-refractivity contribution in [1.82, 2.24) is 9.78 Å². The molecule has 118 valence electrons. The lowest BCUT2D eigenvalue weighted by atomic mass is 10.2. The summed E-state index contributed by atoms with van der Waals surface area (Å²) in [5, 5.41) is 7.23. The number of carbonyl (C=O) groups is 1. The van der Waals surface area contributed by atoms with Crippen molar-refractivity contribution in [3.63, 3.8) is 0 Å². The summed E-state index contributed by atoms with van der Waals surface area (Å²) >= 11 is 7.38. The zero-order chi connectivity index (χ0) is 15.7. The lowest BCUT2D eigenvalue weighted by molar-refractivity contribution is -0.157. The van der Waals surface area contributed by atoms with Crippen LogP contribution in [0.2, 0.25) is 4.34 Å². The number of hydrogen-bond acceptors (Lipinski definition) is 5. The Bertz CT molecular complexity index is 685. The van der Waals surface area contributed by atoms with E-state index in [2.05, 4.69) is 10.4 Å². The van der Waals surface area contributed by atoms with Gasteiger partial charge in [-0.2, -0.15) is 5.10 Å². The van der Waals surface area contributed by atoms with Crippen LogP contribution in [0.1, 0.15) is 6.92 Å². The van der Waals surface area contributed by atoms with Crippen molar-refractivity contribution in [2.45, 2.75) is 19.1 Å². The Hall–Kier alpha value is -1.41. The van der Waals surface area contributed by atoms with Crippen molar-refractivity contribution in [1.29, 1.82) is 0 Å². The van der Waals surface area contributed by atoms with E-state index in [4.69, 9.17) is 21.1 Å². The van der Waals surface area contributed by atoms with E-state index < -0.39 is 6.10 Å². The van der Waals surface area contributed by atoms with Crippen LogP contribution in [0.5, 0.6) is 0 Å². The predicted molar refractivity (Wildman–Crippen MR) is 85.3 cm³/mol. The molecule has 3 heterocycles. The molecular weight excluding hydrogens is 326 g/mol. The number of hydrogen-bond donors (Lipinski definition) is 1. The van der Waals surface area contributed by atoms with Crippen molar-refractivity contribution in [2.24, 2.45) is 7.05 Å². The molecule has 0 bridgehead atoms. The fourth-order valence-electron chi connectivity index (χ4n) is 2.27. The van der Waals surface area contributed by atoms with E-state index in [1.54, 1.807) is 11.7 Å². The zero-order valence-corrected chi connectivity index (χ0v) is 13.8. The first kappa shape index (κ1) is 15.5. The number of aromatic nitrogens is 2. The van der Waals surface area contributed by atoms with Gasteiger partial charge in [0.15, 0.2) is 6.10 Å². The number of ether oxygens (including phenoxy) is 2. The quantitative estimate of drug-likeness (QED) is 0.931. The first-order valence-corrected chi connectivity index (χ1v) is 8.08. The van der Waals surface area contributed by atoms with Crippen LogP contribution < -0.4 is 5.32 Å². The smallest absolute Gasteiger partial charge is 0.257 e. The normalized spacial score (nSPS) is 21.8. The van der Waals surface area contributed by atoms with E-state index in [0.717, 1.165) is 10.6 Å². The summed E-state index contributed by atoms with van der Waals surface area (Å²) in [6, 6.07) is 5.54. The van der Waals surface area contributed by atoms with Crippen molar-refractivity contribution in [2.75, 3.05) is 18.5 Å². The molecule has 0 radical (unpaired) electrons. The van der Waals surface area contributed by atoms with Crippen molar-refractivity contribution < 1.29 is 14.3 Å². The lowest BCUT2D eigenvalue weighted by Gasteiger charge is -2.28. The van der Waals surface area contributed by atoms with Gasteiger partial charge in [0.2, 0.25) is 0 Å². The van der Waals surface area contributed by atoms with Gasteiger partial charge in [0.25, 0.3) is 5.91 Å². The molecule has 3 rings (SSSR count). The molecule has 0 aromatic carbocycles. The topological polar surface area (TPSA) is 65.4 Å². The number of anilines is 1. The highest BCUT2D eigenvalue weighted by atomic mass is 35.5. The minimum absolute atomic E-state index is 0.231. The Morgan fingerprint density at radius 3 is 2.91 bits per heavy atom. The van der Waals surface area contributed by atoms with Crippen LogP contribution in [-0.2, 0) is 21.3 Å². The lowest BCUT2D eigenvalue weighted by Crippen LogP contribution is -2.45. The van der Waals surface area contributed by atoms with Gasteiger partial charge in [0.1, 0.15) is 11.5 Å². The SMILES string of the molecule is C[C@@H]1OCCO[C@@H]1C(=O)Nc1cc(-c2ccc(Cl)s2)nn1C. The molecular formula is C14H16ClN3O3S. The average Bonchev–Trinajstić information content (AvgIpc) is 3.06. The first-order valence-electron chi connectivity index (χ1n) is 6.88. The van der Waals surface area contributed by atoms with Crippen LogP contribution in [0.4, 0.5) is 5.82 Å². The highest BCUT2D eigenvalue weighted by molar-refractivity contribution is 7.19. The van der Waals surface area contributed by atoms with E-state index in [-0.39, 0.29) is 12.0 Å². The molecule has 2 aromatic rings. The number of nitrogens with one attached hydrogen (secondary N) is 1. The maximum Gasteiger partial charge on any atom is 0.257 e. The number of carbonyl (C=O) groups excluding carboxylic acids is 1. The van der Waals surface area contributed by atoms with Crippen molar-refractivity contribution >= 4 is 34.7 Å². The van der Waals surface area contributed by atoms with Crippen LogP contribution in [-0.4, -0.2) is 41.1 Å². The first-order chi connectivity index (χ1) is 10.5. The second kappa shape index (κ2) is 6.37. The minimum Gasteiger partial charge on any atom is -0.373 e. The summed E-state index contributed by atoms with van der Waals surface area (Å²) in [6.07, 6.45) is -0.874. The molecule has 1 fully saturated rings. The highest BCUT2D eigenvalue weighted by Crippen LogP contribution is 2.31. The van der Waals surface area contributed by atoms with Gasteiger partial charge in [-0.1, -0.05) is 11.6 Å². The molecule has 0 unspecified atom stereocenters. The van der Waals surface area contributed by atoms with Gasteiger partial charge in [-0.15, -0.1) is 11.3 Å². The molecule has 1 aliphatic rings. The number of rotatable bonds is 3. The van der Waals surface area contributed by atoms with Gasteiger partial charge >= 0.3 is 0 Å². The van der Waals surface area contributed by atoms with Crippen LogP contribution in [0.3, 0.4) is 0 Å². The molecule has 1 saturated heterocycles. The minimum atomic E-state index is -0.608. The Balaban J connectivity index is 1.75. The fraction of sp³-hybridized carbons (Fsp3) is 0.429. The predicted octanol–water partition coefficient (Wildman–Crippen LogP) is 2.54. The average molecular weight is 342 g/mol. The summed E-state index contributed by atoms with van der Waals surface area (Å²) in [5.74, 6) is 0.372. The molecule has 1 N–H and O–H groups in total. The van der Waals surface area contributed by atoms with Crippen molar-refractivity contribution in [3.8, 4) is 10.6 Å². The molecule has 2 atom stereocenters. The highest BCUT2D eigenvalue weighted by Gasteiger charge is 2.30. The van der Waals surface area contributed by atoms with Crippen LogP contribution in [0, 0.1) is 0 Å². The van der Waals surface area contributed by atoms with Crippen molar-refractivity contribution in [3.05, 3.63) is 22.5 Å². The third-order valence-electron chi connectivity index (χ3n) is 3.40. The molecule has 2 aromatic heterocycles. The van der Waals surface area contributed by atoms with Gasteiger partial charge < -0.3 is 14.8 Å². The molecule has 8 heteroatoms. The summed E-state index contributed by atoms with van der Waals surface area (Å²) in [5.41, 5.74) is 0.767. The van der Waals surface area contributed by atoms with Gasteiger partial charge in [0.05, 0.1) is 28.5 Å². The van der Waals surface area contributed by atoms with Gasteiger partial charge in [-0.25, -0.2) is 0 Å². The molecule has 0 aliphatic carbocycles. The summed E-state index contributed by atoms with van der Waals surface area (Å²) in [7, 11) is 1.77.